The zero-order valence-corrected chi connectivity index (χ0v) is 75.6. The van der Waals surface area contributed by atoms with Crippen molar-refractivity contribution in [1.29, 1.82) is 0 Å². The van der Waals surface area contributed by atoms with E-state index in [-0.39, 0.29) is 95.4 Å². The van der Waals surface area contributed by atoms with Crippen molar-refractivity contribution in [3.05, 3.63) is 102 Å². The number of aliphatic carboxylic acids is 1. The zero-order chi connectivity index (χ0) is 96.2. The maximum Gasteiger partial charge on any atom is 0.303 e. The van der Waals surface area contributed by atoms with Gasteiger partial charge in [-0.25, -0.2) is 0 Å². The molecule has 0 saturated carbocycles. The first-order valence-corrected chi connectivity index (χ1v) is 45.0. The first-order valence-electron chi connectivity index (χ1n) is 43.9. The zero-order valence-electron chi connectivity index (χ0n) is 74.8. The number of rotatable bonds is 25. The Kier molecular flexibility index (Phi) is 38.6. The van der Waals surface area contributed by atoms with E-state index in [1.54, 1.807) is 81.7 Å². The molecule has 14 atom stereocenters. The van der Waals surface area contributed by atoms with Crippen LogP contribution in [0.2, 0.25) is 0 Å². The monoisotopic (exact) mass is 1840 g/mol. The Balaban J connectivity index is 1.19. The minimum absolute atomic E-state index is 0.0193. The molecule has 18 amide bonds. The number of benzene rings is 3. The molecule has 0 bridgehead atoms. The number of nitrogens with one attached hydrogen (secondary N) is 12. The van der Waals surface area contributed by atoms with Gasteiger partial charge in [-0.2, -0.15) is 0 Å². The van der Waals surface area contributed by atoms with Crippen molar-refractivity contribution >= 4 is 146 Å². The van der Waals surface area contributed by atoms with Gasteiger partial charge in [-0.1, -0.05) is 102 Å². The topological polar surface area (TPSA) is 637 Å². The fraction of sp³-hybridized carbons (Fsp3) is 0.534. The summed E-state index contributed by atoms with van der Waals surface area (Å²) in [5.74, 6) is -20.6. The lowest BCUT2D eigenvalue weighted by Gasteiger charge is -2.36. The molecule has 0 spiro atoms. The largest absolute Gasteiger partial charge is 0.508 e. The second-order valence-corrected chi connectivity index (χ2v) is 34.7. The maximum atomic E-state index is 15.7. The standard InChI is InChI=1S/C88H123N21O21S/c1-9-11-23-66-81(123)97-57(31-32-74(115)116)77(119)104-65(76(118)95-44-72(92)113)45-131-46-73(114)96-61(36-49-27-29-52(110)30-28-49)84(126)105(6)48(5)75(117)100-63(40-71(91)112)87(129)109-34-18-26-68(109)83(125)99-59(39-70(90)111)79(121)101-60(35-47(3)4)86(128)108-33-17-25-67(108)82(124)98-58(37-50-42-93-55-21-15-13-19-53(50)55)78(120)103-64(41-89)80(122)102-62(38-51-43-94-56-22-16-14-20-54(51)56)85(127)107(8)69(24-12-10-2)88(130)106(66)7/h13-16,19-22,27-30,42-43,47-48,57-69,93-94,110H,9-12,17-18,23-26,31-41,44-46,89H2,1-8H3,(H2,90,111)(H2,91,112)(H2,92,113)(H,95,118)(H,96,114)(H,97,123)(H,98,124)(H,99,125)(H,100,117)(H,101,121)(H,102,122)(H,103,120)(H,104,119)(H,115,116)/t48-,57-,58-,59-,60-,61-,62-,63+,64-,65-,66-,67-,68-,69-/m0/s1. The van der Waals surface area contributed by atoms with Crippen LogP contribution in [0.3, 0.4) is 0 Å². The summed E-state index contributed by atoms with van der Waals surface area (Å²) < 4.78 is 0. The van der Waals surface area contributed by atoms with Gasteiger partial charge in [0, 0.05) is 106 Å². The fourth-order valence-corrected chi connectivity index (χ4v) is 17.0. The smallest absolute Gasteiger partial charge is 0.303 e. The highest BCUT2D eigenvalue weighted by molar-refractivity contribution is 8.00. The number of likely N-dealkylation sites (N-methyl/N-ethyl adjacent to an activating group) is 3. The first kappa shape index (κ1) is 103. The summed E-state index contributed by atoms with van der Waals surface area (Å²) >= 11 is 0.705. The summed E-state index contributed by atoms with van der Waals surface area (Å²) in [6.07, 6.45) is 1.14. The summed E-state index contributed by atoms with van der Waals surface area (Å²) in [5, 5.41) is 47.4. The van der Waals surface area contributed by atoms with E-state index in [0.29, 0.717) is 69.5 Å². The van der Waals surface area contributed by atoms with Crippen molar-refractivity contribution in [3.8, 4) is 5.75 Å². The predicted molar refractivity (Wildman–Crippen MR) is 480 cm³/mol. The highest BCUT2D eigenvalue weighted by Gasteiger charge is 2.46. The number of unbranched alkanes of at least 4 members (excludes halogenated alkanes) is 2. The van der Waals surface area contributed by atoms with Gasteiger partial charge in [0.2, 0.25) is 106 Å². The Morgan fingerprint density at radius 3 is 1.51 bits per heavy atom. The summed E-state index contributed by atoms with van der Waals surface area (Å²) in [7, 11) is 3.83. The maximum absolute atomic E-state index is 15.7. The molecule has 5 heterocycles. The number of aromatic amines is 2. The van der Waals surface area contributed by atoms with E-state index in [0.717, 1.165) is 19.6 Å². The number of thioether (sulfide) groups is 1. The number of nitrogens with two attached hydrogens (primary N) is 4. The van der Waals surface area contributed by atoms with E-state index in [4.69, 9.17) is 22.9 Å². The molecule has 0 radical (unpaired) electrons. The number of carboxylic acids is 1. The predicted octanol–water partition coefficient (Wildman–Crippen LogP) is -2.42. The molecule has 712 valence electrons. The number of carbonyl (C=O) groups is 19. The molecule has 3 fully saturated rings. The third kappa shape index (κ3) is 28.9. The van der Waals surface area contributed by atoms with Crippen LogP contribution in [0.1, 0.15) is 148 Å². The molecule has 3 aliphatic heterocycles. The van der Waals surface area contributed by atoms with Crippen LogP contribution in [-0.4, -0.2) is 300 Å². The van der Waals surface area contributed by atoms with Crippen LogP contribution >= 0.6 is 11.8 Å². The van der Waals surface area contributed by atoms with Gasteiger partial charge in [0.1, 0.15) is 90.3 Å². The fourth-order valence-electron chi connectivity index (χ4n) is 16.1. The van der Waals surface area contributed by atoms with E-state index < -0.39 is 247 Å². The Labute approximate surface area is 761 Å². The molecule has 131 heavy (non-hydrogen) atoms. The molecular weight excluding hydrogens is 1720 g/mol. The number of aromatic nitrogens is 2. The Morgan fingerprint density at radius 2 is 0.962 bits per heavy atom. The average Bonchev–Trinajstić information content (AvgIpc) is 1.60. The van der Waals surface area contributed by atoms with Crippen LogP contribution in [0.5, 0.6) is 5.75 Å². The van der Waals surface area contributed by atoms with E-state index in [9.17, 15) is 67.7 Å². The van der Waals surface area contributed by atoms with Gasteiger partial charge < -0.3 is 121 Å². The molecule has 43 heteroatoms. The number of aromatic hydroxyl groups is 1. The third-order valence-corrected chi connectivity index (χ3v) is 24.5. The Morgan fingerprint density at radius 1 is 0.496 bits per heavy atom. The van der Waals surface area contributed by atoms with Crippen LogP contribution < -0.4 is 76.1 Å². The van der Waals surface area contributed by atoms with Gasteiger partial charge in [-0.05, 0) is 105 Å². The number of nitrogens with zero attached hydrogens (tertiary/aromatic N) is 5. The molecule has 2 aromatic heterocycles. The number of carbonyl (C=O) groups excluding carboxylic acids is 18. The van der Waals surface area contributed by atoms with Gasteiger partial charge in [-0.15, -0.1) is 11.8 Å². The van der Waals surface area contributed by atoms with Crippen molar-refractivity contribution < 1.29 is 101 Å². The van der Waals surface area contributed by atoms with E-state index in [2.05, 4.69) is 63.1 Å². The lowest BCUT2D eigenvalue weighted by molar-refractivity contribution is -0.149. The molecule has 22 N–H and O–H groups in total. The summed E-state index contributed by atoms with van der Waals surface area (Å²) in [4.78, 5) is 285. The number of phenolic OH excluding ortho intramolecular Hbond substituents is 1. The Bertz CT molecular complexity index is 4990. The van der Waals surface area contributed by atoms with E-state index >= 15 is 33.6 Å². The number of para-hydroxylation sites is 2. The van der Waals surface area contributed by atoms with Gasteiger partial charge >= 0.3 is 5.97 Å². The van der Waals surface area contributed by atoms with Crippen molar-refractivity contribution in [2.45, 2.75) is 235 Å². The summed E-state index contributed by atoms with van der Waals surface area (Å²) in [5.41, 5.74) is 25.9. The SMILES string of the molecule is CCCC[C@H]1C(=O)N(C)[C@@H](CCCC)C(=O)N[C@@H](CCC(=O)O)C(=O)N[C@H](C(=O)NCC(N)=O)CSCC(=O)N[C@@H](Cc2ccc(O)cc2)C(=O)N(C)[C@@H](C)C(=O)N[C@H](CC(N)=O)C(=O)N2CCC[C@H]2C(=O)N[C@@H](CC(N)=O)C(=O)N[C@@H](CC(C)C)C(=O)N2CCC[C@H]2C(=O)N[C@@H](Cc2c[nH]c3ccccc23)C(=O)N[C@@H](CN)C(=O)N[C@@H](Cc2c[nH]c3ccccc23)C(=O)N1C. The molecule has 42 nitrogen and oxygen atoms in total. The minimum Gasteiger partial charge on any atom is -0.508 e. The molecule has 5 aromatic rings. The molecule has 3 aromatic carbocycles. The van der Waals surface area contributed by atoms with Gasteiger partial charge in [0.05, 0.1) is 25.1 Å². The lowest BCUT2D eigenvalue weighted by Crippen LogP contribution is -2.62. The quantitative estimate of drug-likeness (QED) is 0.0289. The molecule has 0 aliphatic carbocycles. The van der Waals surface area contributed by atoms with Gasteiger partial charge in [-0.3, -0.25) is 91.1 Å². The number of fused-ring (bicyclic) bond motifs is 4. The Hall–Kier alpha value is -13.2. The molecule has 3 saturated heterocycles. The van der Waals surface area contributed by atoms with E-state index in [1.165, 1.54) is 57.2 Å². The lowest BCUT2D eigenvalue weighted by atomic mass is 10.00. The number of phenols is 1. The first-order chi connectivity index (χ1) is 62.2. The van der Waals surface area contributed by atoms with Crippen LogP contribution in [0.4, 0.5) is 0 Å². The van der Waals surface area contributed by atoms with E-state index in [1.807, 2.05) is 6.92 Å². The van der Waals surface area contributed by atoms with Crippen molar-refractivity contribution in [2.24, 2.45) is 28.9 Å². The molecule has 8 rings (SSSR count). The van der Waals surface area contributed by atoms with Crippen LogP contribution in [0.15, 0.2) is 85.2 Å². The highest BCUT2D eigenvalue weighted by atomic mass is 32.2. The number of hydrogen-bond donors (Lipinski definition) is 18. The normalized spacial score (nSPS) is 24.6. The number of carboxylic acid groups (broad SMARTS) is 1. The van der Waals surface area contributed by atoms with Crippen molar-refractivity contribution in [3.63, 3.8) is 0 Å². The number of H-pyrrole nitrogens is 2. The molecular formula is C88H123N21O21S. The number of hydrogen-bond acceptors (Lipinski definition) is 22. The van der Waals surface area contributed by atoms with Gasteiger partial charge in [0.25, 0.3) is 0 Å². The summed E-state index contributed by atoms with van der Waals surface area (Å²) in [6, 6.07) is -2.37. The molecule has 0 unspecified atom stereocenters. The van der Waals surface area contributed by atoms with Crippen LogP contribution in [-0.2, 0) is 110 Å². The number of primary amides is 3. The number of amides is 18. The van der Waals surface area contributed by atoms with Crippen LogP contribution in [0.25, 0.3) is 21.8 Å². The van der Waals surface area contributed by atoms with Crippen molar-refractivity contribution in [2.75, 3.05) is 58.8 Å². The third-order valence-electron chi connectivity index (χ3n) is 23.4. The van der Waals surface area contributed by atoms with Crippen molar-refractivity contribution in [1.82, 2.24) is 87.6 Å². The second kappa shape index (κ2) is 49.0. The van der Waals surface area contributed by atoms with Gasteiger partial charge in [0.15, 0.2) is 0 Å². The highest BCUT2D eigenvalue weighted by Crippen LogP contribution is 2.28. The second-order valence-electron chi connectivity index (χ2n) is 33.7. The van der Waals surface area contributed by atoms with Crippen LogP contribution in [0, 0.1) is 5.92 Å². The summed E-state index contributed by atoms with van der Waals surface area (Å²) in [6.45, 7) is 6.78. The minimum atomic E-state index is -1.82. The average molecular weight is 1840 g/mol. The molecule has 3 aliphatic rings.